The zero-order valence-electron chi connectivity index (χ0n) is 8.79. The van der Waals surface area contributed by atoms with Gasteiger partial charge < -0.3 is 5.73 Å². The molecule has 1 unspecified atom stereocenters. The van der Waals surface area contributed by atoms with E-state index in [1.807, 2.05) is 0 Å². The third kappa shape index (κ3) is 2.99. The molecule has 74 valence electrons. The van der Waals surface area contributed by atoms with Crippen LogP contribution in [-0.2, 0) is 6.42 Å². The molecule has 0 radical (unpaired) electrons. The Morgan fingerprint density at radius 1 is 1.54 bits per heavy atom. The number of hydrogen-bond acceptors (Lipinski definition) is 3. The maximum Gasteiger partial charge on any atom is 0.180 e. The van der Waals surface area contributed by atoms with Crippen LogP contribution >= 0.6 is 11.3 Å². The van der Waals surface area contributed by atoms with Gasteiger partial charge in [-0.25, -0.2) is 4.98 Å². The third-order valence-corrected chi connectivity index (χ3v) is 3.29. The summed E-state index contributed by atoms with van der Waals surface area (Å²) in [7, 11) is 0. The van der Waals surface area contributed by atoms with Crippen LogP contribution in [0.25, 0.3) is 0 Å². The van der Waals surface area contributed by atoms with Crippen LogP contribution < -0.4 is 5.73 Å². The zero-order chi connectivity index (χ0) is 10.1. The first-order valence-corrected chi connectivity index (χ1v) is 5.47. The molecular weight excluding hydrogens is 180 g/mol. The quantitative estimate of drug-likeness (QED) is 0.793. The summed E-state index contributed by atoms with van der Waals surface area (Å²) in [6.07, 6.45) is 1.02. The Morgan fingerprint density at radius 3 is 2.54 bits per heavy atom. The van der Waals surface area contributed by atoms with Crippen molar-refractivity contribution in [2.24, 2.45) is 11.3 Å². The highest BCUT2D eigenvalue weighted by atomic mass is 32.1. The Hall–Kier alpha value is -0.570. The van der Waals surface area contributed by atoms with E-state index in [-0.39, 0.29) is 0 Å². The van der Waals surface area contributed by atoms with Gasteiger partial charge in [0.05, 0.1) is 5.69 Å². The molecule has 13 heavy (non-hydrogen) atoms. The summed E-state index contributed by atoms with van der Waals surface area (Å²) >= 11 is 1.52. The molecule has 0 aromatic carbocycles. The van der Waals surface area contributed by atoms with E-state index in [2.05, 4.69) is 38.1 Å². The molecule has 1 heterocycles. The van der Waals surface area contributed by atoms with E-state index in [1.165, 1.54) is 11.3 Å². The van der Waals surface area contributed by atoms with Gasteiger partial charge in [-0.2, -0.15) is 0 Å². The smallest absolute Gasteiger partial charge is 0.180 e. The summed E-state index contributed by atoms with van der Waals surface area (Å²) in [4.78, 5) is 4.26. The van der Waals surface area contributed by atoms with E-state index in [4.69, 9.17) is 5.73 Å². The van der Waals surface area contributed by atoms with Gasteiger partial charge in [0.2, 0.25) is 0 Å². The van der Waals surface area contributed by atoms with Gasteiger partial charge in [-0.15, -0.1) is 11.3 Å². The van der Waals surface area contributed by atoms with Gasteiger partial charge in [0.15, 0.2) is 5.13 Å². The van der Waals surface area contributed by atoms with E-state index >= 15 is 0 Å². The number of thiazole rings is 1. The Labute approximate surface area is 84.2 Å². The molecule has 0 aliphatic heterocycles. The summed E-state index contributed by atoms with van der Waals surface area (Å²) in [5.74, 6) is 0.633. The maximum atomic E-state index is 5.57. The summed E-state index contributed by atoms with van der Waals surface area (Å²) < 4.78 is 0. The Kier molecular flexibility index (Phi) is 2.96. The maximum absolute atomic E-state index is 5.57. The fourth-order valence-electron chi connectivity index (χ4n) is 1.04. The lowest BCUT2D eigenvalue weighted by molar-refractivity contribution is 0.259. The third-order valence-electron chi connectivity index (χ3n) is 2.56. The predicted octanol–water partition coefficient (Wildman–Crippen LogP) is 2.95. The monoisotopic (exact) mass is 198 g/mol. The average molecular weight is 198 g/mol. The van der Waals surface area contributed by atoms with Gasteiger partial charge >= 0.3 is 0 Å². The molecule has 0 saturated carbocycles. The summed E-state index contributed by atoms with van der Waals surface area (Å²) in [6, 6.07) is 0. The Morgan fingerprint density at radius 2 is 2.15 bits per heavy atom. The summed E-state index contributed by atoms with van der Waals surface area (Å²) in [5, 5.41) is 2.73. The van der Waals surface area contributed by atoms with E-state index in [9.17, 15) is 0 Å². The minimum absolute atomic E-state index is 0.346. The van der Waals surface area contributed by atoms with E-state index in [0.29, 0.717) is 16.5 Å². The van der Waals surface area contributed by atoms with Crippen LogP contribution in [0.1, 0.15) is 33.4 Å². The molecule has 1 atom stereocenters. The number of hydrogen-bond donors (Lipinski definition) is 1. The minimum atomic E-state index is 0.346. The predicted molar refractivity (Wildman–Crippen MR) is 58.8 cm³/mol. The van der Waals surface area contributed by atoms with E-state index < -0.39 is 0 Å². The normalized spacial score (nSPS) is 14.5. The lowest BCUT2D eigenvalue weighted by Gasteiger charge is -2.26. The molecule has 0 saturated heterocycles. The summed E-state index contributed by atoms with van der Waals surface area (Å²) in [6.45, 7) is 9.03. The van der Waals surface area contributed by atoms with Crippen molar-refractivity contribution < 1.29 is 0 Å². The molecule has 1 aromatic heterocycles. The van der Waals surface area contributed by atoms with Crippen molar-refractivity contribution in [3.63, 3.8) is 0 Å². The van der Waals surface area contributed by atoms with Crippen molar-refractivity contribution >= 4 is 16.5 Å². The van der Waals surface area contributed by atoms with Crippen LogP contribution in [0, 0.1) is 11.3 Å². The lowest BCUT2D eigenvalue weighted by Crippen LogP contribution is -2.19. The van der Waals surface area contributed by atoms with Crippen molar-refractivity contribution in [3.8, 4) is 0 Å². The Bertz CT molecular complexity index is 273. The van der Waals surface area contributed by atoms with Crippen LogP contribution in [0.15, 0.2) is 5.38 Å². The highest BCUT2D eigenvalue weighted by Gasteiger charge is 2.20. The second-order valence-corrected chi connectivity index (χ2v) is 5.54. The summed E-state index contributed by atoms with van der Waals surface area (Å²) in [5.41, 5.74) is 7.05. The van der Waals surface area contributed by atoms with Gasteiger partial charge in [-0.3, -0.25) is 0 Å². The number of nitrogens with zero attached hydrogens (tertiary/aromatic N) is 1. The molecule has 1 aromatic rings. The van der Waals surface area contributed by atoms with Crippen molar-refractivity contribution in [3.05, 3.63) is 11.1 Å². The fraction of sp³-hybridized carbons (Fsp3) is 0.700. The molecule has 2 nitrogen and oxygen atoms in total. The zero-order valence-corrected chi connectivity index (χ0v) is 9.61. The molecule has 0 aliphatic carbocycles. The number of rotatable bonds is 2. The molecule has 0 fully saturated rings. The SMILES string of the molecule is CC(Cc1csc(N)n1)C(C)(C)C. The largest absolute Gasteiger partial charge is 0.375 e. The van der Waals surface area contributed by atoms with Crippen LogP contribution in [0.3, 0.4) is 0 Å². The minimum Gasteiger partial charge on any atom is -0.375 e. The van der Waals surface area contributed by atoms with Crippen molar-refractivity contribution in [1.82, 2.24) is 4.98 Å². The molecule has 1 rings (SSSR count). The van der Waals surface area contributed by atoms with Gasteiger partial charge in [-0.05, 0) is 17.8 Å². The molecule has 0 bridgehead atoms. The first-order chi connectivity index (χ1) is 5.89. The first-order valence-electron chi connectivity index (χ1n) is 4.59. The average Bonchev–Trinajstić information content (AvgIpc) is 2.33. The van der Waals surface area contributed by atoms with Crippen molar-refractivity contribution in [2.75, 3.05) is 5.73 Å². The Balaban J connectivity index is 2.60. The first kappa shape index (κ1) is 10.5. The molecule has 0 amide bonds. The van der Waals surface area contributed by atoms with Crippen molar-refractivity contribution in [2.45, 2.75) is 34.1 Å². The van der Waals surface area contributed by atoms with Crippen molar-refractivity contribution in [1.29, 1.82) is 0 Å². The topological polar surface area (TPSA) is 38.9 Å². The fourth-order valence-corrected chi connectivity index (χ4v) is 1.61. The number of anilines is 1. The molecular formula is C10H18N2S. The highest BCUT2D eigenvalue weighted by molar-refractivity contribution is 7.13. The number of nitrogens with two attached hydrogens (primary N) is 1. The van der Waals surface area contributed by atoms with Crippen LogP contribution in [0.5, 0.6) is 0 Å². The van der Waals surface area contributed by atoms with Crippen LogP contribution in [-0.4, -0.2) is 4.98 Å². The van der Waals surface area contributed by atoms with Gasteiger partial charge in [0.25, 0.3) is 0 Å². The molecule has 0 spiro atoms. The molecule has 2 N–H and O–H groups in total. The second kappa shape index (κ2) is 3.66. The second-order valence-electron chi connectivity index (χ2n) is 4.65. The van der Waals surface area contributed by atoms with Gasteiger partial charge in [0.1, 0.15) is 0 Å². The van der Waals surface area contributed by atoms with E-state index in [0.717, 1.165) is 12.1 Å². The van der Waals surface area contributed by atoms with E-state index in [1.54, 1.807) is 0 Å². The number of nitrogen functional groups attached to an aromatic ring is 1. The van der Waals surface area contributed by atoms with Crippen LogP contribution in [0.4, 0.5) is 5.13 Å². The highest BCUT2D eigenvalue weighted by Crippen LogP contribution is 2.28. The molecule has 3 heteroatoms. The van der Waals surface area contributed by atoms with Gasteiger partial charge in [-0.1, -0.05) is 27.7 Å². The molecule has 0 aliphatic rings. The number of aromatic nitrogens is 1. The standard InChI is InChI=1S/C10H18N2S/c1-7(10(2,3)4)5-8-6-13-9(11)12-8/h6-7H,5H2,1-4H3,(H2,11,12). The lowest BCUT2D eigenvalue weighted by atomic mass is 9.80. The van der Waals surface area contributed by atoms with Crippen LogP contribution in [0.2, 0.25) is 0 Å². The van der Waals surface area contributed by atoms with Gasteiger partial charge in [0, 0.05) is 5.38 Å².